The van der Waals surface area contributed by atoms with Crippen molar-refractivity contribution < 1.29 is 23.8 Å². The Kier molecular flexibility index (Phi) is 6.59. The Bertz CT molecular complexity index is 608. The third kappa shape index (κ3) is 4.82. The molecule has 138 valence electrons. The maximum Gasteiger partial charge on any atom is 0.311 e. The Morgan fingerprint density at radius 1 is 1.24 bits per heavy atom. The highest BCUT2D eigenvalue weighted by Crippen LogP contribution is 2.35. The number of rotatable bonds is 9. The van der Waals surface area contributed by atoms with E-state index in [9.17, 15) is 9.59 Å². The van der Waals surface area contributed by atoms with Crippen LogP contribution in [0.25, 0.3) is 0 Å². The van der Waals surface area contributed by atoms with Gasteiger partial charge in [0.15, 0.2) is 0 Å². The molecule has 0 aromatic heterocycles. The van der Waals surface area contributed by atoms with Crippen LogP contribution < -0.4 is 0 Å². The van der Waals surface area contributed by atoms with E-state index in [-0.39, 0.29) is 30.6 Å². The average Bonchev–Trinajstić information content (AvgIpc) is 2.58. The van der Waals surface area contributed by atoms with Gasteiger partial charge < -0.3 is 14.2 Å². The average molecular weight is 348 g/mol. The number of ether oxygens (including phenoxy) is 3. The fraction of sp³-hybridized carbons (Fsp3) is 0.600. The maximum absolute atomic E-state index is 12.3. The number of benzene rings is 1. The van der Waals surface area contributed by atoms with Crippen molar-refractivity contribution in [2.45, 2.75) is 46.1 Å². The summed E-state index contributed by atoms with van der Waals surface area (Å²) in [4.78, 5) is 24.0. The zero-order chi connectivity index (χ0) is 18.4. The summed E-state index contributed by atoms with van der Waals surface area (Å²) in [5.41, 5.74) is 1.80. The number of carbonyl (C=O) groups excluding carboxylic acids is 2. The van der Waals surface area contributed by atoms with E-state index in [4.69, 9.17) is 14.2 Å². The van der Waals surface area contributed by atoms with Crippen molar-refractivity contribution in [3.05, 3.63) is 35.4 Å². The summed E-state index contributed by atoms with van der Waals surface area (Å²) in [6, 6.07) is 8.19. The van der Waals surface area contributed by atoms with E-state index < -0.39 is 5.41 Å². The van der Waals surface area contributed by atoms with Crippen molar-refractivity contribution in [1.29, 1.82) is 0 Å². The lowest BCUT2D eigenvalue weighted by molar-refractivity contribution is -0.159. The second-order valence-corrected chi connectivity index (χ2v) is 7.11. The number of esters is 2. The van der Waals surface area contributed by atoms with Gasteiger partial charge in [-0.2, -0.15) is 0 Å². The Labute approximate surface area is 149 Å². The molecule has 0 spiro atoms. The van der Waals surface area contributed by atoms with Crippen LogP contribution in [-0.2, 0) is 30.2 Å². The minimum absolute atomic E-state index is 0.103. The standard InChI is InChI=1S/C20H28O5/c1-5-14(18(21)23-4)13-20(2,3)19(22)25-11-10-24-17-12-15-8-6-7-9-16(15)17/h6-9,14,17H,5,10-13H2,1-4H3. The zero-order valence-corrected chi connectivity index (χ0v) is 15.5. The fourth-order valence-electron chi connectivity index (χ4n) is 3.14. The van der Waals surface area contributed by atoms with Gasteiger partial charge in [-0.1, -0.05) is 31.2 Å². The van der Waals surface area contributed by atoms with Gasteiger partial charge in [-0.25, -0.2) is 0 Å². The number of hydrogen-bond donors (Lipinski definition) is 0. The van der Waals surface area contributed by atoms with E-state index >= 15 is 0 Å². The molecule has 0 aliphatic heterocycles. The first-order valence-electron chi connectivity index (χ1n) is 8.83. The third-order valence-corrected chi connectivity index (χ3v) is 4.78. The van der Waals surface area contributed by atoms with Crippen LogP contribution in [0.2, 0.25) is 0 Å². The van der Waals surface area contributed by atoms with Gasteiger partial charge in [0, 0.05) is 6.42 Å². The quantitative estimate of drug-likeness (QED) is 0.505. The molecule has 2 atom stereocenters. The SMILES string of the molecule is CCC(CC(C)(C)C(=O)OCCOC1Cc2ccccc21)C(=O)OC. The molecule has 5 nitrogen and oxygen atoms in total. The highest BCUT2D eigenvalue weighted by molar-refractivity contribution is 5.78. The van der Waals surface area contributed by atoms with Crippen molar-refractivity contribution in [1.82, 2.24) is 0 Å². The van der Waals surface area contributed by atoms with Gasteiger partial charge in [0.1, 0.15) is 6.61 Å². The van der Waals surface area contributed by atoms with E-state index in [0.29, 0.717) is 19.4 Å². The Morgan fingerprint density at radius 2 is 1.96 bits per heavy atom. The van der Waals surface area contributed by atoms with Crippen molar-refractivity contribution in [2.75, 3.05) is 20.3 Å². The molecular formula is C20H28O5. The lowest BCUT2D eigenvalue weighted by Crippen LogP contribution is -2.32. The summed E-state index contributed by atoms with van der Waals surface area (Å²) >= 11 is 0. The fourth-order valence-corrected chi connectivity index (χ4v) is 3.14. The largest absolute Gasteiger partial charge is 0.469 e. The first-order chi connectivity index (χ1) is 11.9. The molecule has 0 heterocycles. The van der Waals surface area contributed by atoms with Crippen LogP contribution in [0.4, 0.5) is 0 Å². The van der Waals surface area contributed by atoms with Gasteiger partial charge in [0.05, 0.1) is 31.2 Å². The normalized spacial score (nSPS) is 17.2. The Morgan fingerprint density at radius 3 is 2.60 bits per heavy atom. The third-order valence-electron chi connectivity index (χ3n) is 4.78. The molecule has 0 radical (unpaired) electrons. The lowest BCUT2D eigenvalue weighted by Gasteiger charge is -2.30. The molecule has 0 amide bonds. The molecule has 0 N–H and O–H groups in total. The van der Waals surface area contributed by atoms with Crippen LogP contribution in [0.1, 0.15) is 50.8 Å². The minimum Gasteiger partial charge on any atom is -0.469 e. The number of fused-ring (bicyclic) bond motifs is 1. The monoisotopic (exact) mass is 348 g/mol. The smallest absolute Gasteiger partial charge is 0.311 e. The van der Waals surface area contributed by atoms with E-state index in [1.54, 1.807) is 13.8 Å². The van der Waals surface area contributed by atoms with Gasteiger partial charge in [-0.05, 0) is 37.8 Å². The lowest BCUT2D eigenvalue weighted by atomic mass is 9.81. The van der Waals surface area contributed by atoms with E-state index in [2.05, 4.69) is 12.1 Å². The molecule has 0 fully saturated rings. The number of hydrogen-bond acceptors (Lipinski definition) is 5. The summed E-state index contributed by atoms with van der Waals surface area (Å²) in [5.74, 6) is -0.891. The molecule has 0 saturated carbocycles. The first kappa shape index (κ1) is 19.4. The van der Waals surface area contributed by atoms with Gasteiger partial charge >= 0.3 is 11.9 Å². The molecule has 0 bridgehead atoms. The molecule has 5 heteroatoms. The van der Waals surface area contributed by atoms with Crippen LogP contribution in [0.3, 0.4) is 0 Å². The van der Waals surface area contributed by atoms with Crippen LogP contribution >= 0.6 is 0 Å². The van der Waals surface area contributed by atoms with Crippen molar-refractivity contribution in [3.63, 3.8) is 0 Å². The maximum atomic E-state index is 12.3. The topological polar surface area (TPSA) is 61.8 Å². The summed E-state index contributed by atoms with van der Waals surface area (Å²) in [5, 5.41) is 0. The van der Waals surface area contributed by atoms with Crippen molar-refractivity contribution in [3.8, 4) is 0 Å². The molecule has 2 unspecified atom stereocenters. The van der Waals surface area contributed by atoms with Crippen molar-refractivity contribution in [2.24, 2.45) is 11.3 Å². The second kappa shape index (κ2) is 8.48. The zero-order valence-electron chi connectivity index (χ0n) is 15.5. The molecule has 0 saturated heterocycles. The molecule has 1 aliphatic carbocycles. The molecule has 2 rings (SSSR count). The minimum atomic E-state index is -0.738. The molecule has 1 aromatic rings. The molecular weight excluding hydrogens is 320 g/mol. The van der Waals surface area contributed by atoms with E-state index in [1.807, 2.05) is 19.1 Å². The van der Waals surface area contributed by atoms with Crippen molar-refractivity contribution >= 4 is 11.9 Å². The summed E-state index contributed by atoms with van der Waals surface area (Å²) in [6.45, 7) is 6.09. The van der Waals surface area contributed by atoms with Crippen LogP contribution in [0.15, 0.2) is 24.3 Å². The van der Waals surface area contributed by atoms with Crippen LogP contribution in [0, 0.1) is 11.3 Å². The van der Waals surface area contributed by atoms with E-state index in [0.717, 1.165) is 6.42 Å². The summed E-state index contributed by atoms with van der Waals surface area (Å²) in [6.07, 6.45) is 2.05. The number of carbonyl (C=O) groups is 2. The van der Waals surface area contributed by atoms with Crippen LogP contribution in [-0.4, -0.2) is 32.3 Å². The highest BCUT2D eigenvalue weighted by atomic mass is 16.6. The second-order valence-electron chi connectivity index (χ2n) is 7.11. The van der Waals surface area contributed by atoms with E-state index in [1.165, 1.54) is 18.2 Å². The number of methoxy groups -OCH3 is 1. The van der Waals surface area contributed by atoms with Gasteiger partial charge in [0.2, 0.25) is 0 Å². The summed E-state index contributed by atoms with van der Waals surface area (Å²) < 4.78 is 15.9. The Balaban J connectivity index is 1.73. The molecule has 25 heavy (non-hydrogen) atoms. The summed E-state index contributed by atoms with van der Waals surface area (Å²) in [7, 11) is 1.37. The molecule has 1 aromatic carbocycles. The van der Waals surface area contributed by atoms with Crippen LogP contribution in [0.5, 0.6) is 0 Å². The van der Waals surface area contributed by atoms with Gasteiger partial charge in [0.25, 0.3) is 0 Å². The predicted octanol–water partition coefficient (Wildman–Crippen LogP) is 3.46. The first-order valence-corrected chi connectivity index (χ1v) is 8.83. The molecule has 1 aliphatic rings. The van der Waals surface area contributed by atoms with Gasteiger partial charge in [-0.3, -0.25) is 9.59 Å². The Hall–Kier alpha value is -1.88. The highest BCUT2D eigenvalue weighted by Gasteiger charge is 2.35. The predicted molar refractivity (Wildman–Crippen MR) is 94.0 cm³/mol. The van der Waals surface area contributed by atoms with Gasteiger partial charge in [-0.15, -0.1) is 0 Å².